The molecule has 1 saturated heterocycles. The van der Waals surface area contributed by atoms with Gasteiger partial charge in [0.2, 0.25) is 5.91 Å². The van der Waals surface area contributed by atoms with Gasteiger partial charge in [0.05, 0.1) is 12.0 Å². The number of hydrogen-bond donors (Lipinski definition) is 1. The molecule has 4 nitrogen and oxygen atoms in total. The van der Waals surface area contributed by atoms with Crippen molar-refractivity contribution in [1.82, 2.24) is 4.90 Å². The Morgan fingerprint density at radius 2 is 2.11 bits per heavy atom. The molecule has 2 rings (SSSR count). The fraction of sp³-hybridized carbons (Fsp3) is 0.429. The zero-order chi connectivity index (χ0) is 14.0. The summed E-state index contributed by atoms with van der Waals surface area (Å²) in [5.74, 6) is -2.37. The topological polar surface area (TPSA) is 57.6 Å². The highest BCUT2D eigenvalue weighted by Crippen LogP contribution is 2.35. The largest absolute Gasteiger partial charge is 0.481 e. The van der Waals surface area contributed by atoms with Crippen LogP contribution >= 0.6 is 0 Å². The van der Waals surface area contributed by atoms with E-state index < -0.39 is 23.7 Å². The van der Waals surface area contributed by atoms with Crippen molar-refractivity contribution in [3.8, 4) is 0 Å². The second-order valence-electron chi connectivity index (χ2n) is 4.81. The maximum atomic E-state index is 13.9. The molecule has 1 heterocycles. The molecule has 5 heteroatoms. The average Bonchev–Trinajstić information content (AvgIpc) is 2.51. The molecule has 0 spiro atoms. The number of halogens is 1. The van der Waals surface area contributed by atoms with Crippen LogP contribution in [0.25, 0.3) is 0 Å². The van der Waals surface area contributed by atoms with Crippen molar-refractivity contribution in [3.05, 3.63) is 35.6 Å². The zero-order valence-electron chi connectivity index (χ0n) is 10.7. The molecule has 0 radical (unpaired) electrons. The van der Waals surface area contributed by atoms with Gasteiger partial charge >= 0.3 is 5.97 Å². The van der Waals surface area contributed by atoms with Crippen LogP contribution in [0.5, 0.6) is 0 Å². The number of aliphatic carboxylic acids is 1. The molecule has 1 aromatic carbocycles. The summed E-state index contributed by atoms with van der Waals surface area (Å²) in [6.07, 6.45) is 1.21. The Bertz CT molecular complexity index is 503. The number of nitrogens with zero attached hydrogens (tertiary/aromatic N) is 1. The number of hydrogen-bond acceptors (Lipinski definition) is 2. The van der Waals surface area contributed by atoms with Crippen molar-refractivity contribution in [2.45, 2.75) is 25.3 Å². The lowest BCUT2D eigenvalue weighted by atomic mass is 9.89. The fourth-order valence-electron chi connectivity index (χ4n) is 2.63. The highest BCUT2D eigenvalue weighted by atomic mass is 19.1. The summed E-state index contributed by atoms with van der Waals surface area (Å²) in [6.45, 7) is 0. The maximum Gasteiger partial charge on any atom is 0.308 e. The minimum Gasteiger partial charge on any atom is -0.481 e. The van der Waals surface area contributed by atoms with Crippen molar-refractivity contribution in [2.75, 3.05) is 7.05 Å². The number of carboxylic acids is 1. The van der Waals surface area contributed by atoms with Crippen LogP contribution in [0.1, 0.15) is 30.9 Å². The minimum absolute atomic E-state index is 0.142. The summed E-state index contributed by atoms with van der Waals surface area (Å²) >= 11 is 0. The molecule has 0 bridgehead atoms. The van der Waals surface area contributed by atoms with Crippen molar-refractivity contribution in [3.63, 3.8) is 0 Å². The number of rotatable bonds is 2. The molecule has 19 heavy (non-hydrogen) atoms. The first-order valence-electron chi connectivity index (χ1n) is 6.25. The third-order valence-corrected chi connectivity index (χ3v) is 3.64. The lowest BCUT2D eigenvalue weighted by Gasteiger charge is -2.30. The first-order valence-corrected chi connectivity index (χ1v) is 6.25. The molecular weight excluding hydrogens is 249 g/mol. The van der Waals surface area contributed by atoms with Gasteiger partial charge in [0.1, 0.15) is 5.82 Å². The van der Waals surface area contributed by atoms with Crippen LogP contribution in [0.15, 0.2) is 24.3 Å². The third kappa shape index (κ3) is 2.59. The van der Waals surface area contributed by atoms with Gasteiger partial charge in [-0.3, -0.25) is 9.59 Å². The summed E-state index contributed by atoms with van der Waals surface area (Å²) in [6, 6.07) is 5.30. The van der Waals surface area contributed by atoms with Crippen LogP contribution in [0, 0.1) is 11.7 Å². The van der Waals surface area contributed by atoms with Gasteiger partial charge in [0.25, 0.3) is 0 Å². The lowest BCUT2D eigenvalue weighted by Crippen LogP contribution is -2.36. The van der Waals surface area contributed by atoms with Crippen LogP contribution in [-0.2, 0) is 9.59 Å². The molecule has 1 amide bonds. The van der Waals surface area contributed by atoms with Crippen LogP contribution in [0.4, 0.5) is 4.39 Å². The van der Waals surface area contributed by atoms with Gasteiger partial charge in [0, 0.05) is 19.0 Å². The van der Waals surface area contributed by atoms with Crippen LogP contribution in [0.3, 0.4) is 0 Å². The monoisotopic (exact) mass is 265 g/mol. The van der Waals surface area contributed by atoms with Crippen molar-refractivity contribution >= 4 is 11.9 Å². The lowest BCUT2D eigenvalue weighted by molar-refractivity contribution is -0.145. The van der Waals surface area contributed by atoms with Gasteiger partial charge in [-0.15, -0.1) is 0 Å². The molecule has 1 N–H and O–H groups in total. The van der Waals surface area contributed by atoms with Gasteiger partial charge in [0.15, 0.2) is 0 Å². The molecule has 1 aliphatic heterocycles. The molecular formula is C14H16FNO3. The van der Waals surface area contributed by atoms with Crippen LogP contribution in [-0.4, -0.2) is 28.9 Å². The predicted molar refractivity (Wildman–Crippen MR) is 66.9 cm³/mol. The number of amides is 1. The molecule has 0 aromatic heterocycles. The molecule has 1 fully saturated rings. The summed E-state index contributed by atoms with van der Waals surface area (Å²) in [5.41, 5.74) is 0.271. The predicted octanol–water partition coefficient (Wildman–Crippen LogP) is 2.21. The van der Waals surface area contributed by atoms with Crippen molar-refractivity contribution < 1.29 is 19.1 Å². The number of carbonyl (C=O) groups excluding carboxylic acids is 1. The van der Waals surface area contributed by atoms with E-state index in [-0.39, 0.29) is 11.5 Å². The Balaban J connectivity index is 2.48. The summed E-state index contributed by atoms with van der Waals surface area (Å²) in [4.78, 5) is 24.6. The third-order valence-electron chi connectivity index (χ3n) is 3.64. The Kier molecular flexibility index (Phi) is 3.83. The van der Waals surface area contributed by atoms with Crippen molar-refractivity contribution in [2.24, 2.45) is 5.92 Å². The van der Waals surface area contributed by atoms with Gasteiger partial charge in [-0.2, -0.15) is 0 Å². The summed E-state index contributed by atoms with van der Waals surface area (Å²) in [5, 5.41) is 9.33. The standard InChI is InChI=1S/C14H16FNO3/c1-16-12(17)8-4-6-10(14(18)19)13(16)9-5-2-3-7-11(9)15/h2-3,5,7,10,13H,4,6,8H2,1H3,(H,18,19). The summed E-state index contributed by atoms with van der Waals surface area (Å²) in [7, 11) is 1.54. The zero-order valence-corrected chi connectivity index (χ0v) is 10.7. The normalized spacial score (nSPS) is 24.1. The Morgan fingerprint density at radius 3 is 2.74 bits per heavy atom. The molecule has 1 aliphatic rings. The molecule has 102 valence electrons. The van der Waals surface area contributed by atoms with E-state index >= 15 is 0 Å². The fourth-order valence-corrected chi connectivity index (χ4v) is 2.63. The summed E-state index contributed by atoms with van der Waals surface area (Å²) < 4.78 is 13.9. The first-order chi connectivity index (χ1) is 9.02. The number of carboxylic acid groups (broad SMARTS) is 1. The number of carbonyl (C=O) groups is 2. The molecule has 0 saturated carbocycles. The smallest absolute Gasteiger partial charge is 0.308 e. The second kappa shape index (κ2) is 5.38. The van der Waals surface area contributed by atoms with E-state index in [1.54, 1.807) is 25.2 Å². The van der Waals surface area contributed by atoms with Gasteiger partial charge in [-0.1, -0.05) is 18.2 Å². The van der Waals surface area contributed by atoms with Gasteiger partial charge < -0.3 is 10.0 Å². The Hall–Kier alpha value is -1.91. The quantitative estimate of drug-likeness (QED) is 0.892. The van der Waals surface area contributed by atoms with Crippen LogP contribution < -0.4 is 0 Å². The molecule has 2 unspecified atom stereocenters. The molecule has 2 atom stereocenters. The molecule has 1 aromatic rings. The van der Waals surface area contributed by atoms with E-state index in [4.69, 9.17) is 0 Å². The second-order valence-corrected chi connectivity index (χ2v) is 4.81. The van der Waals surface area contributed by atoms with Crippen molar-refractivity contribution in [1.29, 1.82) is 0 Å². The van der Waals surface area contributed by atoms with E-state index in [1.165, 1.54) is 11.0 Å². The van der Waals surface area contributed by atoms with Gasteiger partial charge in [-0.25, -0.2) is 4.39 Å². The number of likely N-dealkylation sites (tertiary alicyclic amines) is 1. The maximum absolute atomic E-state index is 13.9. The minimum atomic E-state index is -0.991. The average molecular weight is 265 g/mol. The Labute approximate surface area is 110 Å². The van der Waals surface area contributed by atoms with E-state index in [2.05, 4.69) is 0 Å². The van der Waals surface area contributed by atoms with E-state index in [1.807, 2.05) is 0 Å². The number of benzene rings is 1. The molecule has 0 aliphatic carbocycles. The highest BCUT2D eigenvalue weighted by Gasteiger charge is 2.37. The van der Waals surface area contributed by atoms with Crippen LogP contribution in [0.2, 0.25) is 0 Å². The highest BCUT2D eigenvalue weighted by molar-refractivity contribution is 5.79. The Morgan fingerprint density at radius 1 is 1.42 bits per heavy atom. The van der Waals surface area contributed by atoms with E-state index in [9.17, 15) is 19.1 Å². The van der Waals surface area contributed by atoms with Gasteiger partial charge in [-0.05, 0) is 18.9 Å². The van der Waals surface area contributed by atoms with E-state index in [0.717, 1.165) is 0 Å². The SMILES string of the molecule is CN1C(=O)CCCC(C(=O)O)C1c1ccccc1F. The first kappa shape index (κ1) is 13.5. The van der Waals surface area contributed by atoms with E-state index in [0.29, 0.717) is 19.3 Å².